The van der Waals surface area contributed by atoms with Gasteiger partial charge in [-0.2, -0.15) is 0 Å². The van der Waals surface area contributed by atoms with Gasteiger partial charge < -0.3 is 15.4 Å². The van der Waals surface area contributed by atoms with Crippen LogP contribution in [0.2, 0.25) is 0 Å². The van der Waals surface area contributed by atoms with Gasteiger partial charge in [0.25, 0.3) is 0 Å². The summed E-state index contributed by atoms with van der Waals surface area (Å²) in [6, 6.07) is 6.94. The molecule has 3 N–H and O–H groups in total. The van der Waals surface area contributed by atoms with Crippen LogP contribution in [0.15, 0.2) is 45.9 Å². The van der Waals surface area contributed by atoms with E-state index in [1.54, 1.807) is 35.2 Å². The summed E-state index contributed by atoms with van der Waals surface area (Å²) in [5.41, 5.74) is 6.51. The predicted octanol–water partition coefficient (Wildman–Crippen LogP) is 1.95. The smallest absolute Gasteiger partial charge is 0.218 e. The molecule has 2 rings (SSSR count). The van der Waals surface area contributed by atoms with E-state index in [0.29, 0.717) is 11.0 Å². The van der Waals surface area contributed by atoms with E-state index in [1.807, 2.05) is 6.07 Å². The average molecular weight is 295 g/mol. The number of phenolic OH excluding ortho intramolecular Hbond substituents is 1. The number of halogens is 1. The number of aromatic nitrogens is 1. The zero-order valence-electron chi connectivity index (χ0n) is 8.93. The molecule has 0 unspecified atom stereocenters. The number of nitrogens with two attached hydrogens (primary N) is 1. The molecule has 0 bridgehead atoms. The zero-order valence-corrected chi connectivity index (χ0v) is 10.5. The molecule has 1 aromatic heterocycles. The minimum Gasteiger partial charge on any atom is -0.508 e. The summed E-state index contributed by atoms with van der Waals surface area (Å²) in [4.78, 5) is 11.4. The summed E-state index contributed by atoms with van der Waals surface area (Å²) in [5.74, 6) is 0.218. The molecule has 0 amide bonds. The summed E-state index contributed by atoms with van der Waals surface area (Å²) in [6.45, 7) is 0.539. The van der Waals surface area contributed by atoms with Crippen LogP contribution in [-0.2, 0) is 6.54 Å². The van der Waals surface area contributed by atoms with Gasteiger partial charge in [0.15, 0.2) is 0 Å². The van der Waals surface area contributed by atoms with Gasteiger partial charge in [-0.05, 0) is 33.6 Å². The van der Waals surface area contributed by atoms with E-state index in [-0.39, 0.29) is 16.9 Å². The second-order valence-corrected chi connectivity index (χ2v) is 4.59. The number of aromatic hydroxyl groups is 1. The quantitative estimate of drug-likeness (QED) is 0.889. The molecule has 0 saturated heterocycles. The largest absolute Gasteiger partial charge is 0.508 e. The van der Waals surface area contributed by atoms with Crippen LogP contribution in [0.4, 0.5) is 5.69 Å². The molecule has 0 aliphatic heterocycles. The Balaban J connectivity index is 2.34. The Morgan fingerprint density at radius 2 is 2.12 bits per heavy atom. The Kier molecular flexibility index (Phi) is 3.19. The molecule has 17 heavy (non-hydrogen) atoms. The first-order valence-electron chi connectivity index (χ1n) is 4.99. The average Bonchev–Trinajstić information content (AvgIpc) is 2.26. The van der Waals surface area contributed by atoms with Crippen LogP contribution in [0.3, 0.4) is 0 Å². The summed E-state index contributed by atoms with van der Waals surface area (Å²) in [7, 11) is 0. The van der Waals surface area contributed by atoms with Crippen molar-refractivity contribution in [2.45, 2.75) is 6.54 Å². The first-order valence-corrected chi connectivity index (χ1v) is 5.78. The Bertz CT molecular complexity index is 581. The lowest BCUT2D eigenvalue weighted by molar-refractivity contribution is 0.474. The number of benzene rings is 1. The summed E-state index contributed by atoms with van der Waals surface area (Å²) in [6.07, 6.45) is 3.25. The van der Waals surface area contributed by atoms with E-state index in [1.165, 1.54) is 0 Å². The van der Waals surface area contributed by atoms with Gasteiger partial charge in [0.05, 0.1) is 10.2 Å². The first kappa shape index (κ1) is 11.7. The van der Waals surface area contributed by atoms with E-state index in [0.717, 1.165) is 5.56 Å². The third kappa shape index (κ3) is 2.68. The molecule has 2 aromatic rings. The fraction of sp³-hybridized carbons (Fsp3) is 0.0833. The lowest BCUT2D eigenvalue weighted by atomic mass is 10.2. The molecule has 0 atom stereocenters. The van der Waals surface area contributed by atoms with Crippen LogP contribution >= 0.6 is 15.9 Å². The lowest BCUT2D eigenvalue weighted by Crippen LogP contribution is -2.13. The molecule has 1 heterocycles. The summed E-state index contributed by atoms with van der Waals surface area (Å²) < 4.78 is 2.22. The number of phenols is 1. The van der Waals surface area contributed by atoms with Gasteiger partial charge in [0.1, 0.15) is 5.75 Å². The van der Waals surface area contributed by atoms with Crippen molar-refractivity contribution >= 4 is 21.6 Å². The van der Waals surface area contributed by atoms with Crippen molar-refractivity contribution in [2.24, 2.45) is 0 Å². The van der Waals surface area contributed by atoms with Gasteiger partial charge in [-0.3, -0.25) is 4.79 Å². The van der Waals surface area contributed by atoms with Crippen LogP contribution < -0.4 is 11.2 Å². The Labute approximate surface area is 106 Å². The number of nitrogens with zero attached hydrogens (tertiary/aromatic N) is 1. The number of hydrogen-bond acceptors (Lipinski definition) is 3. The first-order chi connectivity index (χ1) is 8.06. The minimum atomic E-state index is -0.211. The van der Waals surface area contributed by atoms with E-state index >= 15 is 0 Å². The third-order valence-corrected chi connectivity index (χ3v) is 2.90. The van der Waals surface area contributed by atoms with Gasteiger partial charge >= 0.3 is 0 Å². The van der Waals surface area contributed by atoms with Crippen LogP contribution in [0.25, 0.3) is 0 Å². The van der Waals surface area contributed by atoms with Gasteiger partial charge in [0.2, 0.25) is 5.43 Å². The van der Waals surface area contributed by atoms with Gasteiger partial charge in [0, 0.05) is 18.9 Å². The second-order valence-electron chi connectivity index (χ2n) is 3.73. The van der Waals surface area contributed by atoms with E-state index in [2.05, 4.69) is 15.9 Å². The molecule has 1 aromatic carbocycles. The molecule has 0 radical (unpaired) electrons. The summed E-state index contributed by atoms with van der Waals surface area (Å²) >= 11 is 3.16. The van der Waals surface area contributed by atoms with E-state index in [9.17, 15) is 9.90 Å². The predicted molar refractivity (Wildman–Crippen MR) is 70.0 cm³/mol. The topological polar surface area (TPSA) is 68.2 Å². The van der Waals surface area contributed by atoms with Crippen molar-refractivity contribution in [3.05, 3.63) is 56.9 Å². The molecule has 0 spiro atoms. The van der Waals surface area contributed by atoms with Crippen molar-refractivity contribution < 1.29 is 5.11 Å². The number of rotatable bonds is 2. The maximum Gasteiger partial charge on any atom is 0.218 e. The highest BCUT2D eigenvalue weighted by Gasteiger charge is 2.03. The van der Waals surface area contributed by atoms with Crippen molar-refractivity contribution in [3.63, 3.8) is 0 Å². The number of pyridine rings is 1. The number of anilines is 1. The van der Waals surface area contributed by atoms with Crippen LogP contribution in [0, 0.1) is 0 Å². The summed E-state index contributed by atoms with van der Waals surface area (Å²) in [5, 5.41) is 9.35. The highest BCUT2D eigenvalue weighted by atomic mass is 79.9. The third-order valence-electron chi connectivity index (χ3n) is 2.34. The fourth-order valence-corrected chi connectivity index (χ4v) is 2.07. The molecular weight excluding hydrogens is 284 g/mol. The fourth-order valence-electron chi connectivity index (χ4n) is 1.57. The maximum absolute atomic E-state index is 11.4. The van der Waals surface area contributed by atoms with Crippen LogP contribution in [0.5, 0.6) is 5.75 Å². The molecular formula is C12H11BrN2O2. The normalized spacial score (nSPS) is 10.4. The van der Waals surface area contributed by atoms with E-state index in [4.69, 9.17) is 5.73 Å². The standard InChI is InChI=1S/C12H11BrN2O2/c13-10-6-15(7-11(14)12(10)17)5-8-2-1-3-9(16)4-8/h1-4,6-7,16H,5,14H2. The van der Waals surface area contributed by atoms with Gasteiger partial charge in [-0.1, -0.05) is 12.1 Å². The zero-order chi connectivity index (χ0) is 12.4. The van der Waals surface area contributed by atoms with Crippen molar-refractivity contribution in [2.75, 3.05) is 5.73 Å². The highest BCUT2D eigenvalue weighted by Crippen LogP contribution is 2.13. The Morgan fingerprint density at radius 1 is 1.35 bits per heavy atom. The number of hydrogen-bond donors (Lipinski definition) is 2. The lowest BCUT2D eigenvalue weighted by Gasteiger charge is -2.08. The highest BCUT2D eigenvalue weighted by molar-refractivity contribution is 9.10. The second kappa shape index (κ2) is 4.63. The van der Waals surface area contributed by atoms with Crippen molar-refractivity contribution in [1.82, 2.24) is 4.57 Å². The van der Waals surface area contributed by atoms with Crippen LogP contribution in [-0.4, -0.2) is 9.67 Å². The SMILES string of the molecule is Nc1cn(Cc2cccc(O)c2)cc(Br)c1=O. The number of nitrogen functional groups attached to an aromatic ring is 1. The maximum atomic E-state index is 11.4. The van der Waals surface area contributed by atoms with Gasteiger partial charge in [-0.15, -0.1) is 0 Å². The van der Waals surface area contributed by atoms with Crippen molar-refractivity contribution in [3.8, 4) is 5.75 Å². The monoisotopic (exact) mass is 294 g/mol. The molecule has 0 saturated carbocycles. The minimum absolute atomic E-state index is 0.194. The molecule has 0 fully saturated rings. The Morgan fingerprint density at radius 3 is 2.76 bits per heavy atom. The van der Waals surface area contributed by atoms with Gasteiger partial charge in [-0.25, -0.2) is 0 Å². The Hall–Kier alpha value is -1.75. The molecule has 5 heteroatoms. The van der Waals surface area contributed by atoms with Crippen LogP contribution in [0.1, 0.15) is 5.56 Å². The molecule has 88 valence electrons. The molecule has 0 aliphatic carbocycles. The molecule has 0 aliphatic rings. The molecule has 4 nitrogen and oxygen atoms in total. The van der Waals surface area contributed by atoms with E-state index < -0.39 is 0 Å². The van der Waals surface area contributed by atoms with Crippen molar-refractivity contribution in [1.29, 1.82) is 0 Å².